The first-order valence-corrected chi connectivity index (χ1v) is 9.62. The Kier molecular flexibility index (Phi) is 10.7. The first-order chi connectivity index (χ1) is 10.3. The van der Waals surface area contributed by atoms with E-state index in [1.165, 1.54) is 83.5 Å². The quantitative estimate of drug-likeness (QED) is 0.233. The summed E-state index contributed by atoms with van der Waals surface area (Å²) in [7, 11) is 0. The van der Waals surface area contributed by atoms with Crippen molar-refractivity contribution in [3.63, 3.8) is 0 Å². The third-order valence-corrected chi connectivity index (χ3v) is 4.66. The molecule has 0 aromatic heterocycles. The van der Waals surface area contributed by atoms with Crippen LogP contribution in [0.2, 0.25) is 0 Å². The maximum absolute atomic E-state index is 5.99. The lowest BCUT2D eigenvalue weighted by Gasteiger charge is -2.09. The van der Waals surface area contributed by atoms with Gasteiger partial charge in [-0.1, -0.05) is 84.6 Å². The van der Waals surface area contributed by atoms with Gasteiger partial charge in [0.2, 0.25) is 0 Å². The van der Waals surface area contributed by atoms with E-state index in [1.54, 1.807) is 0 Å². The van der Waals surface area contributed by atoms with Gasteiger partial charge in [-0.15, -0.1) is 0 Å². The lowest BCUT2D eigenvalue weighted by atomic mass is 10.1. The Labute approximate surface area is 133 Å². The minimum atomic E-state index is 0.517. The van der Waals surface area contributed by atoms with Crippen molar-refractivity contribution in [2.45, 2.75) is 110 Å². The molecule has 1 rings (SSSR count). The van der Waals surface area contributed by atoms with Crippen LogP contribution in [0.15, 0.2) is 12.3 Å². The van der Waals surface area contributed by atoms with Crippen LogP contribution in [0.3, 0.4) is 0 Å². The van der Waals surface area contributed by atoms with Gasteiger partial charge in [-0.25, -0.2) is 0 Å². The summed E-state index contributed by atoms with van der Waals surface area (Å²) >= 11 is 0. The van der Waals surface area contributed by atoms with Gasteiger partial charge >= 0.3 is 0 Å². The van der Waals surface area contributed by atoms with Crippen LogP contribution in [-0.4, -0.2) is 6.10 Å². The summed E-state index contributed by atoms with van der Waals surface area (Å²) < 4.78 is 5.99. The van der Waals surface area contributed by atoms with E-state index in [1.807, 2.05) is 0 Å². The number of ether oxygens (including phenoxy) is 1. The van der Waals surface area contributed by atoms with E-state index in [0.29, 0.717) is 6.10 Å². The molecule has 0 aliphatic heterocycles. The molecule has 1 aliphatic rings. The lowest BCUT2D eigenvalue weighted by Crippen LogP contribution is -1.97. The molecule has 0 bridgehead atoms. The zero-order chi connectivity index (χ0) is 15.3. The standard InChI is InChI=1S/C20H38O/c1-4-6-8-10-12-13-15-18(3)21-20-17-19(20)16-14-11-9-7-5-2/h19-20H,3-17H2,1-2H3. The minimum absolute atomic E-state index is 0.517. The largest absolute Gasteiger partial charge is 0.495 e. The second-order valence-electron chi connectivity index (χ2n) is 6.91. The van der Waals surface area contributed by atoms with Crippen molar-refractivity contribution in [3.05, 3.63) is 12.3 Å². The number of rotatable bonds is 15. The van der Waals surface area contributed by atoms with E-state index in [9.17, 15) is 0 Å². The summed E-state index contributed by atoms with van der Waals surface area (Å²) in [5.74, 6) is 1.89. The Balaban J connectivity index is 1.87. The van der Waals surface area contributed by atoms with Crippen molar-refractivity contribution in [2.24, 2.45) is 5.92 Å². The second kappa shape index (κ2) is 12.1. The Bertz CT molecular complexity index is 259. The summed E-state index contributed by atoms with van der Waals surface area (Å²) in [6.45, 7) is 8.65. The number of unbranched alkanes of at least 4 members (excludes halogenated alkanes) is 9. The molecular weight excluding hydrogens is 256 g/mol. The normalized spacial score (nSPS) is 20.5. The monoisotopic (exact) mass is 294 g/mol. The summed E-state index contributed by atoms with van der Waals surface area (Å²) in [6.07, 6.45) is 19.3. The molecule has 2 unspecified atom stereocenters. The van der Waals surface area contributed by atoms with Crippen LogP contribution in [0.4, 0.5) is 0 Å². The van der Waals surface area contributed by atoms with Gasteiger partial charge in [-0.05, 0) is 25.2 Å². The molecule has 0 spiro atoms. The highest BCUT2D eigenvalue weighted by Crippen LogP contribution is 2.39. The smallest absolute Gasteiger partial charge is 0.102 e. The lowest BCUT2D eigenvalue weighted by molar-refractivity contribution is 0.171. The molecular formula is C20H38O. The predicted molar refractivity (Wildman–Crippen MR) is 93.5 cm³/mol. The topological polar surface area (TPSA) is 9.23 Å². The Morgan fingerprint density at radius 1 is 0.857 bits per heavy atom. The Morgan fingerprint density at radius 3 is 2.10 bits per heavy atom. The molecule has 2 atom stereocenters. The van der Waals surface area contributed by atoms with Gasteiger partial charge < -0.3 is 4.74 Å². The average Bonchev–Trinajstić information content (AvgIpc) is 3.20. The van der Waals surface area contributed by atoms with Crippen LogP contribution >= 0.6 is 0 Å². The SMILES string of the molecule is C=C(CCCCCCCC)OC1CC1CCCCCCC. The highest BCUT2D eigenvalue weighted by Gasteiger charge is 2.38. The van der Waals surface area contributed by atoms with Crippen LogP contribution in [0, 0.1) is 5.92 Å². The third-order valence-electron chi connectivity index (χ3n) is 4.66. The molecule has 0 radical (unpaired) electrons. The second-order valence-corrected chi connectivity index (χ2v) is 6.91. The zero-order valence-corrected chi connectivity index (χ0v) is 14.7. The molecule has 1 nitrogen and oxygen atoms in total. The van der Waals surface area contributed by atoms with Gasteiger partial charge in [0.05, 0.1) is 5.76 Å². The third kappa shape index (κ3) is 9.98. The van der Waals surface area contributed by atoms with E-state index < -0.39 is 0 Å². The highest BCUT2D eigenvalue weighted by atomic mass is 16.5. The average molecular weight is 295 g/mol. The van der Waals surface area contributed by atoms with Gasteiger partial charge in [0.15, 0.2) is 0 Å². The highest BCUT2D eigenvalue weighted by molar-refractivity contribution is 4.94. The van der Waals surface area contributed by atoms with Crippen LogP contribution < -0.4 is 0 Å². The van der Waals surface area contributed by atoms with Crippen molar-refractivity contribution in [2.75, 3.05) is 0 Å². The maximum atomic E-state index is 5.99. The van der Waals surface area contributed by atoms with E-state index >= 15 is 0 Å². The van der Waals surface area contributed by atoms with Gasteiger partial charge in [0, 0.05) is 6.42 Å². The fourth-order valence-electron chi connectivity index (χ4n) is 3.05. The molecule has 1 aliphatic carbocycles. The van der Waals surface area contributed by atoms with Crippen LogP contribution in [0.5, 0.6) is 0 Å². The van der Waals surface area contributed by atoms with Crippen molar-refractivity contribution in [3.8, 4) is 0 Å². The first-order valence-electron chi connectivity index (χ1n) is 9.62. The Hall–Kier alpha value is -0.460. The molecule has 124 valence electrons. The maximum Gasteiger partial charge on any atom is 0.102 e. The van der Waals surface area contributed by atoms with Crippen molar-refractivity contribution < 1.29 is 4.74 Å². The summed E-state index contributed by atoms with van der Waals surface area (Å²) in [5.41, 5.74) is 0. The fourth-order valence-corrected chi connectivity index (χ4v) is 3.05. The molecule has 0 aromatic carbocycles. The molecule has 21 heavy (non-hydrogen) atoms. The van der Waals surface area contributed by atoms with Gasteiger partial charge in [0.25, 0.3) is 0 Å². The molecule has 1 fully saturated rings. The summed E-state index contributed by atoms with van der Waals surface area (Å²) in [5, 5.41) is 0. The van der Waals surface area contributed by atoms with Gasteiger partial charge in [-0.3, -0.25) is 0 Å². The van der Waals surface area contributed by atoms with Crippen LogP contribution in [0.25, 0.3) is 0 Å². The summed E-state index contributed by atoms with van der Waals surface area (Å²) in [4.78, 5) is 0. The van der Waals surface area contributed by atoms with Gasteiger partial charge in [0.1, 0.15) is 6.10 Å². The van der Waals surface area contributed by atoms with E-state index in [0.717, 1.165) is 18.1 Å². The predicted octanol–water partition coefficient (Wildman–Crippen LogP) is 7.02. The molecule has 0 aromatic rings. The molecule has 0 heterocycles. The minimum Gasteiger partial charge on any atom is -0.495 e. The number of allylic oxidation sites excluding steroid dienone is 1. The van der Waals surface area contributed by atoms with Crippen molar-refractivity contribution in [1.29, 1.82) is 0 Å². The van der Waals surface area contributed by atoms with Crippen LogP contribution in [-0.2, 0) is 4.74 Å². The van der Waals surface area contributed by atoms with Crippen molar-refractivity contribution in [1.82, 2.24) is 0 Å². The summed E-state index contributed by atoms with van der Waals surface area (Å²) in [6, 6.07) is 0. The van der Waals surface area contributed by atoms with E-state index in [-0.39, 0.29) is 0 Å². The van der Waals surface area contributed by atoms with Crippen molar-refractivity contribution >= 4 is 0 Å². The molecule has 0 saturated heterocycles. The fraction of sp³-hybridized carbons (Fsp3) is 0.900. The van der Waals surface area contributed by atoms with E-state index in [2.05, 4.69) is 20.4 Å². The first kappa shape index (κ1) is 18.6. The molecule has 0 amide bonds. The van der Waals surface area contributed by atoms with Crippen LogP contribution in [0.1, 0.15) is 104 Å². The van der Waals surface area contributed by atoms with E-state index in [4.69, 9.17) is 4.74 Å². The molecule has 1 saturated carbocycles. The number of hydrogen-bond acceptors (Lipinski definition) is 1. The van der Waals surface area contributed by atoms with Gasteiger partial charge in [-0.2, -0.15) is 0 Å². The number of hydrogen-bond donors (Lipinski definition) is 0. The zero-order valence-electron chi connectivity index (χ0n) is 14.7. The molecule has 0 N–H and O–H groups in total. The molecule has 1 heteroatoms. The Morgan fingerprint density at radius 2 is 1.43 bits per heavy atom.